The van der Waals surface area contributed by atoms with Crippen LogP contribution in [0.1, 0.15) is 12.5 Å². The average molecular weight is 331 g/mol. The molecule has 19 heavy (non-hydrogen) atoms. The van der Waals surface area contributed by atoms with Gasteiger partial charge in [0.1, 0.15) is 6.61 Å². The zero-order valence-electron chi connectivity index (χ0n) is 10.7. The monoisotopic (exact) mass is 330 g/mol. The van der Waals surface area contributed by atoms with Gasteiger partial charge in [-0.05, 0) is 22.9 Å². The van der Waals surface area contributed by atoms with Crippen molar-refractivity contribution in [1.82, 2.24) is 0 Å². The molecule has 0 aliphatic rings. The minimum absolute atomic E-state index is 0.251. The van der Waals surface area contributed by atoms with Gasteiger partial charge in [-0.3, -0.25) is 0 Å². The first-order valence-corrected chi connectivity index (χ1v) is 6.46. The summed E-state index contributed by atoms with van der Waals surface area (Å²) < 4.78 is 13.3. The summed E-state index contributed by atoms with van der Waals surface area (Å²) in [6.07, 6.45) is 0. The lowest BCUT2D eigenvalue weighted by molar-refractivity contribution is -0.164. The van der Waals surface area contributed by atoms with Gasteiger partial charge in [-0.15, -0.1) is 0 Å². The summed E-state index contributed by atoms with van der Waals surface area (Å²) in [5.74, 6) is -1.20. The van der Waals surface area contributed by atoms with E-state index in [0.29, 0.717) is 5.56 Å². The highest BCUT2D eigenvalue weighted by Gasteiger charge is 2.40. The fourth-order valence-electron chi connectivity index (χ4n) is 1.40. The van der Waals surface area contributed by atoms with Crippen LogP contribution >= 0.6 is 15.9 Å². The van der Waals surface area contributed by atoms with Crippen LogP contribution in [0, 0.1) is 0 Å². The van der Waals surface area contributed by atoms with Crippen LogP contribution in [-0.4, -0.2) is 32.3 Å². The summed E-state index contributed by atoms with van der Waals surface area (Å²) in [5.41, 5.74) is 0.533. The molecule has 5 nitrogen and oxygen atoms in total. The molecule has 6 heteroatoms. The molecule has 0 radical (unpaired) electrons. The Labute approximate surface area is 120 Å². The summed E-state index contributed by atoms with van der Waals surface area (Å²) in [4.78, 5) is 23.2. The van der Waals surface area contributed by atoms with Gasteiger partial charge < -0.3 is 14.2 Å². The molecule has 0 bridgehead atoms. The number of hydrogen-bond acceptors (Lipinski definition) is 5. The minimum Gasteiger partial charge on any atom is -0.466 e. The molecule has 1 aromatic carbocycles. The van der Waals surface area contributed by atoms with Crippen molar-refractivity contribution in [2.75, 3.05) is 20.3 Å². The van der Waals surface area contributed by atoms with E-state index in [1.54, 1.807) is 37.3 Å². The highest BCUT2D eigenvalue weighted by molar-refractivity contribution is 9.10. The number of esters is 2. The summed E-state index contributed by atoms with van der Waals surface area (Å²) in [5, 5.41) is 0. The molecule has 0 fully saturated rings. The van der Waals surface area contributed by atoms with Crippen LogP contribution in [0.2, 0.25) is 0 Å². The molecule has 0 aliphatic heterocycles. The lowest BCUT2D eigenvalue weighted by atomic mass is 10.1. The molecule has 0 amide bonds. The average Bonchev–Trinajstić information content (AvgIpc) is 2.45. The third-order valence-corrected chi connectivity index (χ3v) is 3.30. The maximum atomic E-state index is 11.9. The number of ether oxygens (including phenoxy) is 3. The quantitative estimate of drug-likeness (QED) is 0.589. The van der Waals surface area contributed by atoms with Crippen molar-refractivity contribution in [3.8, 4) is 0 Å². The van der Waals surface area contributed by atoms with Crippen molar-refractivity contribution in [1.29, 1.82) is 0 Å². The molecule has 1 rings (SSSR count). The SMILES string of the molecule is CCOC(=O)COC(Br)(C(=O)OC)c1ccccc1. The third kappa shape index (κ3) is 4.04. The van der Waals surface area contributed by atoms with Crippen molar-refractivity contribution < 1.29 is 23.8 Å². The van der Waals surface area contributed by atoms with E-state index >= 15 is 0 Å². The number of halogens is 1. The molecule has 0 heterocycles. The van der Waals surface area contributed by atoms with Crippen LogP contribution in [0.5, 0.6) is 0 Å². The van der Waals surface area contributed by atoms with E-state index in [1.165, 1.54) is 7.11 Å². The molecular formula is C13H15BrO5. The van der Waals surface area contributed by atoms with Gasteiger partial charge in [-0.2, -0.15) is 0 Å². The Morgan fingerprint density at radius 3 is 2.42 bits per heavy atom. The summed E-state index contributed by atoms with van der Waals surface area (Å²) in [6, 6.07) is 8.69. The summed E-state index contributed by atoms with van der Waals surface area (Å²) >= 11 is 3.19. The van der Waals surface area contributed by atoms with Gasteiger partial charge in [0, 0.05) is 5.56 Å². The number of carbonyl (C=O) groups excluding carboxylic acids is 2. The Bertz CT molecular complexity index is 434. The molecule has 0 aromatic heterocycles. The number of methoxy groups -OCH3 is 1. The minimum atomic E-state index is -1.52. The van der Waals surface area contributed by atoms with Crippen molar-refractivity contribution >= 4 is 27.9 Å². The van der Waals surface area contributed by atoms with E-state index in [1.807, 2.05) is 0 Å². The second kappa shape index (κ2) is 7.25. The third-order valence-electron chi connectivity index (χ3n) is 2.29. The zero-order chi connectivity index (χ0) is 14.3. The van der Waals surface area contributed by atoms with Gasteiger partial charge in [-0.25, -0.2) is 9.59 Å². The van der Waals surface area contributed by atoms with E-state index in [0.717, 1.165) is 0 Å². The van der Waals surface area contributed by atoms with Crippen LogP contribution in [0.25, 0.3) is 0 Å². The first-order valence-electron chi connectivity index (χ1n) is 5.67. The van der Waals surface area contributed by atoms with Gasteiger partial charge in [-0.1, -0.05) is 30.3 Å². The van der Waals surface area contributed by atoms with Gasteiger partial charge in [0.05, 0.1) is 13.7 Å². The smallest absolute Gasteiger partial charge is 0.354 e. The Morgan fingerprint density at radius 1 is 1.26 bits per heavy atom. The largest absolute Gasteiger partial charge is 0.466 e. The van der Waals surface area contributed by atoms with Crippen LogP contribution < -0.4 is 0 Å². The lowest BCUT2D eigenvalue weighted by Gasteiger charge is -2.24. The maximum Gasteiger partial charge on any atom is 0.354 e. The highest BCUT2D eigenvalue weighted by Crippen LogP contribution is 2.34. The topological polar surface area (TPSA) is 61.8 Å². The molecule has 1 aromatic rings. The van der Waals surface area contributed by atoms with E-state index in [2.05, 4.69) is 15.9 Å². The van der Waals surface area contributed by atoms with Crippen LogP contribution in [-0.2, 0) is 28.3 Å². The van der Waals surface area contributed by atoms with E-state index in [-0.39, 0.29) is 13.2 Å². The van der Waals surface area contributed by atoms with E-state index < -0.39 is 16.4 Å². The Balaban J connectivity index is 2.89. The summed E-state index contributed by atoms with van der Waals surface area (Å²) in [6.45, 7) is 1.58. The summed E-state index contributed by atoms with van der Waals surface area (Å²) in [7, 11) is 1.25. The van der Waals surface area contributed by atoms with Crippen LogP contribution in [0.15, 0.2) is 30.3 Å². The van der Waals surface area contributed by atoms with E-state index in [4.69, 9.17) is 14.2 Å². The molecule has 1 atom stereocenters. The normalized spacial score (nSPS) is 13.4. The molecule has 0 saturated heterocycles. The first kappa shape index (κ1) is 15.7. The Hall–Kier alpha value is -1.40. The Kier molecular flexibility index (Phi) is 5.98. The van der Waals surface area contributed by atoms with Gasteiger partial charge >= 0.3 is 11.9 Å². The number of hydrogen-bond donors (Lipinski definition) is 0. The molecular weight excluding hydrogens is 316 g/mol. The maximum absolute atomic E-state index is 11.9. The number of carbonyl (C=O) groups is 2. The van der Waals surface area contributed by atoms with Gasteiger partial charge in [0.2, 0.25) is 4.51 Å². The standard InChI is InChI=1S/C13H15BrO5/c1-3-18-11(15)9-19-13(14,12(16)17-2)10-7-5-4-6-8-10/h4-8H,3,9H2,1-2H3. The lowest BCUT2D eigenvalue weighted by Crippen LogP contribution is -2.35. The molecule has 1 unspecified atom stereocenters. The number of alkyl halides is 1. The van der Waals surface area contributed by atoms with Crippen molar-refractivity contribution in [2.24, 2.45) is 0 Å². The first-order chi connectivity index (χ1) is 9.04. The molecule has 0 spiro atoms. The van der Waals surface area contributed by atoms with Crippen LogP contribution in [0.3, 0.4) is 0 Å². The predicted octanol–water partition coefficient (Wildman–Crippen LogP) is 1.99. The Morgan fingerprint density at radius 2 is 1.89 bits per heavy atom. The second-order valence-electron chi connectivity index (χ2n) is 3.55. The van der Waals surface area contributed by atoms with Crippen LogP contribution in [0.4, 0.5) is 0 Å². The predicted molar refractivity (Wildman–Crippen MR) is 71.6 cm³/mol. The van der Waals surface area contributed by atoms with Gasteiger partial charge in [0.15, 0.2) is 0 Å². The fraction of sp³-hybridized carbons (Fsp3) is 0.385. The second-order valence-corrected chi connectivity index (χ2v) is 4.66. The van der Waals surface area contributed by atoms with Crippen molar-refractivity contribution in [2.45, 2.75) is 11.4 Å². The van der Waals surface area contributed by atoms with Gasteiger partial charge in [0.25, 0.3) is 0 Å². The van der Waals surface area contributed by atoms with Crippen molar-refractivity contribution in [3.05, 3.63) is 35.9 Å². The zero-order valence-corrected chi connectivity index (χ0v) is 12.3. The molecule has 0 saturated carbocycles. The van der Waals surface area contributed by atoms with E-state index in [9.17, 15) is 9.59 Å². The molecule has 0 aliphatic carbocycles. The number of benzene rings is 1. The molecule has 104 valence electrons. The van der Waals surface area contributed by atoms with Crippen molar-refractivity contribution in [3.63, 3.8) is 0 Å². The molecule has 0 N–H and O–H groups in total. The fourth-order valence-corrected chi connectivity index (χ4v) is 1.95. The number of rotatable bonds is 6. The highest BCUT2D eigenvalue weighted by atomic mass is 79.9.